The fourth-order valence-corrected chi connectivity index (χ4v) is 4.94. The van der Waals surface area contributed by atoms with E-state index in [2.05, 4.69) is 35.8 Å². The second-order valence-corrected chi connectivity index (χ2v) is 8.82. The first-order valence-corrected chi connectivity index (χ1v) is 12.0. The summed E-state index contributed by atoms with van der Waals surface area (Å²) in [7, 11) is 0. The van der Waals surface area contributed by atoms with E-state index in [9.17, 15) is 4.79 Å². The average molecular weight is 478 g/mol. The van der Waals surface area contributed by atoms with Crippen LogP contribution in [0.2, 0.25) is 0 Å². The van der Waals surface area contributed by atoms with Crippen LogP contribution in [0.25, 0.3) is 32.6 Å². The van der Waals surface area contributed by atoms with E-state index in [0.29, 0.717) is 33.2 Å². The summed E-state index contributed by atoms with van der Waals surface area (Å²) in [6, 6.07) is 10.8. The average Bonchev–Trinajstić information content (AvgIpc) is 3.30. The molecule has 4 aromatic rings. The van der Waals surface area contributed by atoms with Gasteiger partial charge in [-0.25, -0.2) is 19.2 Å². The summed E-state index contributed by atoms with van der Waals surface area (Å²) < 4.78 is 16.4. The topological polar surface area (TPSA) is 95.1 Å². The summed E-state index contributed by atoms with van der Waals surface area (Å²) >= 11 is 1.22. The Bertz CT molecular complexity index is 1300. The highest BCUT2D eigenvalue weighted by atomic mass is 32.1. The van der Waals surface area contributed by atoms with Crippen LogP contribution in [-0.4, -0.2) is 53.7 Å². The molecular formula is C24H24FN7OS. The van der Waals surface area contributed by atoms with Gasteiger partial charge in [0.25, 0.3) is 0 Å². The fourth-order valence-electron chi connectivity index (χ4n) is 3.96. The van der Waals surface area contributed by atoms with Crippen LogP contribution in [0, 0.1) is 5.82 Å². The number of rotatable bonds is 5. The molecule has 174 valence electrons. The highest BCUT2D eigenvalue weighted by molar-refractivity contribution is 7.22. The van der Waals surface area contributed by atoms with Gasteiger partial charge in [-0.2, -0.15) is 0 Å². The Morgan fingerprint density at radius 1 is 1.18 bits per heavy atom. The predicted octanol–water partition coefficient (Wildman–Crippen LogP) is 4.11. The van der Waals surface area contributed by atoms with Crippen LogP contribution >= 0.6 is 11.3 Å². The fraction of sp³-hybridized carbons (Fsp3) is 0.250. The van der Waals surface area contributed by atoms with Gasteiger partial charge in [0.1, 0.15) is 11.3 Å². The zero-order valence-electron chi connectivity index (χ0n) is 18.6. The van der Waals surface area contributed by atoms with Gasteiger partial charge in [0.2, 0.25) is 0 Å². The van der Waals surface area contributed by atoms with Gasteiger partial charge in [-0.3, -0.25) is 10.3 Å². The van der Waals surface area contributed by atoms with Crippen LogP contribution in [0.4, 0.5) is 20.1 Å². The Kier molecular flexibility index (Phi) is 6.33. The lowest BCUT2D eigenvalue weighted by Crippen LogP contribution is -2.43. The van der Waals surface area contributed by atoms with Crippen molar-refractivity contribution in [3.05, 3.63) is 54.6 Å². The molecule has 0 radical (unpaired) electrons. The van der Waals surface area contributed by atoms with Crippen molar-refractivity contribution in [3.63, 3.8) is 0 Å². The van der Waals surface area contributed by atoms with Gasteiger partial charge in [0.05, 0.1) is 10.4 Å². The highest BCUT2D eigenvalue weighted by Gasteiger charge is 2.21. The molecule has 8 nitrogen and oxygen atoms in total. The molecule has 1 aliphatic rings. The number of piperazine rings is 1. The zero-order valence-corrected chi connectivity index (χ0v) is 19.5. The van der Waals surface area contributed by atoms with E-state index < -0.39 is 5.82 Å². The van der Waals surface area contributed by atoms with Gasteiger partial charge in [-0.05, 0) is 37.3 Å². The minimum atomic E-state index is -0.452. The first-order chi connectivity index (χ1) is 16.6. The van der Waals surface area contributed by atoms with Crippen LogP contribution in [0.1, 0.15) is 6.92 Å². The van der Waals surface area contributed by atoms with E-state index in [-0.39, 0.29) is 11.5 Å². The number of anilines is 2. The Balaban J connectivity index is 1.59. The molecule has 2 amide bonds. The molecule has 0 saturated carbocycles. The molecule has 10 heteroatoms. The van der Waals surface area contributed by atoms with Gasteiger partial charge in [0, 0.05) is 61.8 Å². The third-order valence-corrected chi connectivity index (χ3v) is 6.61. The Hall–Kier alpha value is -3.63. The minimum absolute atomic E-state index is 0.195. The monoisotopic (exact) mass is 477 g/mol. The number of nitrogens with one attached hydrogen (secondary N) is 3. The standard InChI is InChI=1S/C24H24FN7OS/c1-2-27-23(33)31-24-30-21-20(25)16(13-17(22(21)34-24)18-5-3-4-8-28-18)15-6-7-19(29-14-15)32-11-9-26-10-12-32/h3-8,13-14,26H,2,9-12H2,1H3,(H2,27,30,31,33). The van der Waals surface area contributed by atoms with Crippen molar-refractivity contribution in [2.24, 2.45) is 0 Å². The number of hydrogen-bond donors (Lipinski definition) is 3. The zero-order chi connectivity index (χ0) is 23.5. The number of benzene rings is 1. The predicted molar refractivity (Wildman–Crippen MR) is 134 cm³/mol. The lowest BCUT2D eigenvalue weighted by Gasteiger charge is -2.28. The quantitative estimate of drug-likeness (QED) is 0.401. The largest absolute Gasteiger partial charge is 0.354 e. The number of urea groups is 1. The number of pyridine rings is 2. The van der Waals surface area contributed by atoms with Crippen molar-refractivity contribution in [1.82, 2.24) is 25.6 Å². The lowest BCUT2D eigenvalue weighted by atomic mass is 10.0. The molecule has 0 unspecified atom stereocenters. The number of amides is 2. The Morgan fingerprint density at radius 3 is 2.74 bits per heavy atom. The molecular weight excluding hydrogens is 453 g/mol. The molecule has 5 rings (SSSR count). The van der Waals surface area contributed by atoms with Crippen molar-refractivity contribution >= 4 is 38.5 Å². The first-order valence-electron chi connectivity index (χ1n) is 11.2. The van der Waals surface area contributed by atoms with E-state index in [4.69, 9.17) is 0 Å². The third-order valence-electron chi connectivity index (χ3n) is 5.60. The molecule has 0 bridgehead atoms. The van der Waals surface area contributed by atoms with Gasteiger partial charge in [-0.15, -0.1) is 0 Å². The maximum absolute atomic E-state index is 15.8. The molecule has 0 spiro atoms. The molecule has 4 heterocycles. The normalized spacial score (nSPS) is 13.8. The number of hydrogen-bond acceptors (Lipinski definition) is 7. The molecule has 1 saturated heterocycles. The van der Waals surface area contributed by atoms with Gasteiger partial charge >= 0.3 is 6.03 Å². The number of carbonyl (C=O) groups excluding carboxylic acids is 1. The van der Waals surface area contributed by atoms with E-state index in [0.717, 1.165) is 37.6 Å². The van der Waals surface area contributed by atoms with Crippen molar-refractivity contribution in [2.45, 2.75) is 6.92 Å². The summed E-state index contributed by atoms with van der Waals surface area (Å²) in [5.41, 5.74) is 2.69. The summed E-state index contributed by atoms with van der Waals surface area (Å²) in [5, 5.41) is 9.00. The van der Waals surface area contributed by atoms with Crippen molar-refractivity contribution < 1.29 is 9.18 Å². The van der Waals surface area contributed by atoms with E-state index in [1.54, 1.807) is 18.5 Å². The Morgan fingerprint density at radius 2 is 2.03 bits per heavy atom. The van der Waals surface area contributed by atoms with Crippen molar-refractivity contribution in [1.29, 1.82) is 0 Å². The maximum atomic E-state index is 15.8. The summed E-state index contributed by atoms with van der Waals surface area (Å²) in [6.07, 6.45) is 3.40. The summed E-state index contributed by atoms with van der Waals surface area (Å²) in [6.45, 7) is 5.90. The van der Waals surface area contributed by atoms with Crippen LogP contribution < -0.4 is 20.9 Å². The van der Waals surface area contributed by atoms with Crippen molar-refractivity contribution in [2.75, 3.05) is 42.9 Å². The highest BCUT2D eigenvalue weighted by Crippen LogP contribution is 2.40. The lowest BCUT2D eigenvalue weighted by molar-refractivity contribution is 0.252. The second-order valence-electron chi connectivity index (χ2n) is 7.82. The number of carbonyl (C=O) groups is 1. The number of thiazole rings is 1. The van der Waals surface area contributed by atoms with Crippen LogP contribution in [0.3, 0.4) is 0 Å². The molecule has 0 atom stereocenters. The number of aromatic nitrogens is 3. The second kappa shape index (κ2) is 9.70. The SMILES string of the molecule is CCNC(=O)Nc1nc2c(F)c(-c3ccc(N4CCNCC4)nc3)cc(-c3ccccn3)c2s1. The molecule has 34 heavy (non-hydrogen) atoms. The molecule has 0 aliphatic carbocycles. The first kappa shape index (κ1) is 22.2. The molecule has 1 aliphatic heterocycles. The van der Waals surface area contributed by atoms with Gasteiger partial charge in [0.15, 0.2) is 10.9 Å². The number of halogens is 1. The third kappa shape index (κ3) is 4.42. The van der Waals surface area contributed by atoms with E-state index >= 15 is 4.39 Å². The van der Waals surface area contributed by atoms with E-state index in [1.807, 2.05) is 37.3 Å². The van der Waals surface area contributed by atoms with Gasteiger partial charge in [-0.1, -0.05) is 17.4 Å². The van der Waals surface area contributed by atoms with E-state index in [1.165, 1.54) is 11.3 Å². The Labute approximate surface area is 200 Å². The molecule has 3 aromatic heterocycles. The van der Waals surface area contributed by atoms with Crippen LogP contribution in [0.15, 0.2) is 48.8 Å². The smallest absolute Gasteiger partial charge is 0.321 e. The number of nitrogens with zero attached hydrogens (tertiary/aromatic N) is 4. The van der Waals surface area contributed by atoms with Crippen LogP contribution in [0.5, 0.6) is 0 Å². The summed E-state index contributed by atoms with van der Waals surface area (Å²) in [5.74, 6) is 0.422. The van der Waals surface area contributed by atoms with Crippen LogP contribution in [-0.2, 0) is 0 Å². The molecule has 1 fully saturated rings. The summed E-state index contributed by atoms with van der Waals surface area (Å²) in [4.78, 5) is 27.7. The molecule has 1 aromatic carbocycles. The maximum Gasteiger partial charge on any atom is 0.321 e. The van der Waals surface area contributed by atoms with Gasteiger partial charge < -0.3 is 15.5 Å². The minimum Gasteiger partial charge on any atom is -0.354 e. The molecule has 3 N–H and O–H groups in total. The number of fused-ring (bicyclic) bond motifs is 1. The van der Waals surface area contributed by atoms with Crippen molar-refractivity contribution in [3.8, 4) is 22.4 Å².